The van der Waals surface area contributed by atoms with E-state index in [2.05, 4.69) is 5.32 Å². The summed E-state index contributed by atoms with van der Waals surface area (Å²) in [4.78, 5) is 11.7. The molecule has 10 heteroatoms. The molecule has 0 saturated carbocycles. The highest BCUT2D eigenvalue weighted by atomic mass is 35.5. The number of nitrogens with two attached hydrogens (primary N) is 1. The van der Waals surface area contributed by atoms with Crippen molar-refractivity contribution in [2.45, 2.75) is 17.7 Å². The summed E-state index contributed by atoms with van der Waals surface area (Å²) in [5, 5.41) is 1.86. The molecule has 1 unspecified atom stereocenters. The van der Waals surface area contributed by atoms with Crippen molar-refractivity contribution < 1.29 is 17.6 Å². The SMILES string of the molecule is NCCNC(=O)C1CCCN(S(=O)(=O)c2ccc(Cl)c(F)c2Cl)C1. The quantitative estimate of drug-likeness (QED) is 0.738. The molecule has 0 aliphatic carbocycles. The normalized spacial score (nSPS) is 19.2. The van der Waals surface area contributed by atoms with E-state index in [1.54, 1.807) is 0 Å². The number of nitrogens with zero attached hydrogens (tertiary/aromatic N) is 1. The van der Waals surface area contributed by atoms with Crippen LogP contribution in [0.1, 0.15) is 12.8 Å². The van der Waals surface area contributed by atoms with Crippen molar-refractivity contribution in [3.63, 3.8) is 0 Å². The van der Waals surface area contributed by atoms with Gasteiger partial charge in [-0.3, -0.25) is 4.79 Å². The number of halogens is 3. The molecule has 1 atom stereocenters. The summed E-state index contributed by atoms with van der Waals surface area (Å²) in [5.41, 5.74) is 5.34. The van der Waals surface area contributed by atoms with E-state index in [1.165, 1.54) is 6.07 Å². The minimum Gasteiger partial charge on any atom is -0.355 e. The van der Waals surface area contributed by atoms with E-state index < -0.39 is 26.8 Å². The summed E-state index contributed by atoms with van der Waals surface area (Å²) in [5.74, 6) is -1.70. The van der Waals surface area contributed by atoms with Crippen LogP contribution in [0.4, 0.5) is 4.39 Å². The van der Waals surface area contributed by atoms with Gasteiger partial charge in [-0.2, -0.15) is 4.31 Å². The fourth-order valence-electron chi connectivity index (χ4n) is 2.56. The lowest BCUT2D eigenvalue weighted by molar-refractivity contribution is -0.126. The van der Waals surface area contributed by atoms with E-state index >= 15 is 0 Å². The van der Waals surface area contributed by atoms with Gasteiger partial charge in [-0.05, 0) is 25.0 Å². The monoisotopic (exact) mass is 397 g/mol. The molecule has 0 aromatic heterocycles. The fraction of sp³-hybridized carbons (Fsp3) is 0.500. The highest BCUT2D eigenvalue weighted by Crippen LogP contribution is 2.32. The average Bonchev–Trinajstić information content (AvgIpc) is 2.57. The summed E-state index contributed by atoms with van der Waals surface area (Å²) >= 11 is 11.4. The zero-order valence-corrected chi connectivity index (χ0v) is 15.1. The zero-order chi connectivity index (χ0) is 17.9. The first-order chi connectivity index (χ1) is 11.3. The third-order valence-electron chi connectivity index (χ3n) is 3.82. The first kappa shape index (κ1) is 19.4. The molecule has 134 valence electrons. The van der Waals surface area contributed by atoms with Gasteiger partial charge in [0.2, 0.25) is 15.9 Å². The Morgan fingerprint density at radius 3 is 2.79 bits per heavy atom. The van der Waals surface area contributed by atoms with Gasteiger partial charge in [0, 0.05) is 26.2 Å². The fourth-order valence-corrected chi connectivity index (χ4v) is 4.80. The van der Waals surface area contributed by atoms with Crippen LogP contribution in [0.15, 0.2) is 17.0 Å². The van der Waals surface area contributed by atoms with Gasteiger partial charge in [0.25, 0.3) is 0 Å². The lowest BCUT2D eigenvalue weighted by atomic mass is 9.99. The molecule has 1 heterocycles. The molecule has 1 amide bonds. The van der Waals surface area contributed by atoms with Crippen LogP contribution in [0.25, 0.3) is 0 Å². The van der Waals surface area contributed by atoms with Crippen molar-refractivity contribution in [2.24, 2.45) is 11.7 Å². The Kier molecular flexibility index (Phi) is 6.44. The first-order valence-electron chi connectivity index (χ1n) is 7.40. The Bertz CT molecular complexity index is 730. The standard InChI is InChI=1S/C14H18Cl2FN3O3S/c15-10-3-4-11(12(16)13(10)17)24(22,23)20-7-1-2-9(8-20)14(21)19-6-5-18/h3-4,9H,1-2,5-8,18H2,(H,19,21). The van der Waals surface area contributed by atoms with Gasteiger partial charge >= 0.3 is 0 Å². The third kappa shape index (κ3) is 4.00. The Morgan fingerprint density at radius 2 is 2.12 bits per heavy atom. The van der Waals surface area contributed by atoms with Gasteiger partial charge in [-0.25, -0.2) is 12.8 Å². The van der Waals surface area contributed by atoms with Crippen molar-refractivity contribution in [1.82, 2.24) is 9.62 Å². The molecule has 1 fully saturated rings. The van der Waals surface area contributed by atoms with E-state index in [4.69, 9.17) is 28.9 Å². The summed E-state index contributed by atoms with van der Waals surface area (Å²) in [7, 11) is -4.02. The predicted octanol–water partition coefficient (Wildman–Crippen LogP) is 1.61. The van der Waals surface area contributed by atoms with Crippen molar-refractivity contribution in [3.8, 4) is 0 Å². The second-order valence-corrected chi connectivity index (χ2v) is 8.15. The van der Waals surface area contributed by atoms with Crippen LogP contribution in [0.3, 0.4) is 0 Å². The molecule has 6 nitrogen and oxygen atoms in total. The smallest absolute Gasteiger partial charge is 0.244 e. The molecule has 1 aromatic carbocycles. The number of rotatable bonds is 5. The third-order valence-corrected chi connectivity index (χ3v) is 6.50. The molecule has 3 N–H and O–H groups in total. The van der Waals surface area contributed by atoms with Gasteiger partial charge in [0.05, 0.1) is 16.0 Å². The maximum Gasteiger partial charge on any atom is 0.244 e. The molecule has 0 radical (unpaired) electrons. The largest absolute Gasteiger partial charge is 0.355 e. The van der Waals surface area contributed by atoms with E-state index in [0.717, 1.165) is 10.4 Å². The van der Waals surface area contributed by atoms with Crippen LogP contribution >= 0.6 is 23.2 Å². The number of carbonyl (C=O) groups is 1. The lowest BCUT2D eigenvalue weighted by Gasteiger charge is -2.31. The minimum atomic E-state index is -4.02. The molecule has 1 aromatic rings. The number of hydrogen-bond acceptors (Lipinski definition) is 4. The van der Waals surface area contributed by atoms with Crippen LogP contribution in [0, 0.1) is 11.7 Å². The maximum absolute atomic E-state index is 13.8. The number of hydrogen-bond donors (Lipinski definition) is 2. The van der Waals surface area contributed by atoms with Gasteiger partial charge in [-0.15, -0.1) is 0 Å². The minimum absolute atomic E-state index is 0.0132. The van der Waals surface area contributed by atoms with Crippen LogP contribution in [0.5, 0.6) is 0 Å². The van der Waals surface area contributed by atoms with Crippen molar-refractivity contribution >= 4 is 39.1 Å². The number of nitrogens with one attached hydrogen (secondary N) is 1. The predicted molar refractivity (Wildman–Crippen MR) is 90.0 cm³/mol. The molecule has 0 spiro atoms. The highest BCUT2D eigenvalue weighted by molar-refractivity contribution is 7.89. The van der Waals surface area contributed by atoms with Crippen molar-refractivity contribution in [1.29, 1.82) is 0 Å². The molecule has 1 saturated heterocycles. The Hall–Kier alpha value is -0.930. The molecule has 0 bridgehead atoms. The van der Waals surface area contributed by atoms with Crippen LogP contribution in [-0.4, -0.2) is 44.8 Å². The van der Waals surface area contributed by atoms with Gasteiger partial charge in [-0.1, -0.05) is 23.2 Å². The molecular formula is C14H18Cl2FN3O3S. The second-order valence-electron chi connectivity index (χ2n) is 5.46. The van der Waals surface area contributed by atoms with Gasteiger partial charge in [0.15, 0.2) is 5.82 Å². The summed E-state index contributed by atoms with van der Waals surface area (Å²) in [6, 6.07) is 2.31. The molecule has 1 aliphatic heterocycles. The van der Waals surface area contributed by atoms with E-state index in [1.807, 2.05) is 0 Å². The number of benzene rings is 1. The van der Waals surface area contributed by atoms with Crippen molar-refractivity contribution in [2.75, 3.05) is 26.2 Å². The summed E-state index contributed by atoms with van der Waals surface area (Å²) < 4.78 is 40.4. The number of carbonyl (C=O) groups excluding carboxylic acids is 1. The molecule has 2 rings (SSSR count). The topological polar surface area (TPSA) is 92.5 Å². The van der Waals surface area contributed by atoms with Crippen LogP contribution < -0.4 is 11.1 Å². The Labute approximate surface area is 150 Å². The van der Waals surface area contributed by atoms with Crippen LogP contribution in [0.2, 0.25) is 10.0 Å². The number of amides is 1. The summed E-state index contributed by atoms with van der Waals surface area (Å²) in [6.07, 6.45) is 1.10. The van der Waals surface area contributed by atoms with Crippen molar-refractivity contribution in [3.05, 3.63) is 28.0 Å². The Balaban J connectivity index is 2.23. The zero-order valence-electron chi connectivity index (χ0n) is 12.8. The average molecular weight is 398 g/mol. The molecular weight excluding hydrogens is 380 g/mol. The van der Waals surface area contributed by atoms with Gasteiger partial charge < -0.3 is 11.1 Å². The first-order valence-corrected chi connectivity index (χ1v) is 9.60. The maximum atomic E-state index is 13.8. The van der Waals surface area contributed by atoms with Gasteiger partial charge in [0.1, 0.15) is 4.90 Å². The van der Waals surface area contributed by atoms with E-state index in [9.17, 15) is 17.6 Å². The van der Waals surface area contributed by atoms with E-state index in [-0.39, 0.29) is 28.9 Å². The van der Waals surface area contributed by atoms with Crippen LogP contribution in [-0.2, 0) is 14.8 Å². The highest BCUT2D eigenvalue weighted by Gasteiger charge is 2.35. The lowest BCUT2D eigenvalue weighted by Crippen LogP contribution is -2.46. The number of sulfonamides is 1. The van der Waals surface area contributed by atoms with E-state index in [0.29, 0.717) is 25.9 Å². The molecule has 1 aliphatic rings. The molecule has 24 heavy (non-hydrogen) atoms. The Morgan fingerprint density at radius 1 is 1.42 bits per heavy atom. The summed E-state index contributed by atoms with van der Waals surface area (Å²) in [6.45, 7) is 0.888. The second kappa shape index (κ2) is 7.97. The number of piperidine rings is 1.